The number of ether oxygens (including phenoxy) is 2. The van der Waals surface area contributed by atoms with Crippen molar-refractivity contribution in [1.29, 1.82) is 0 Å². The average molecular weight is 425 g/mol. The van der Waals surface area contributed by atoms with Crippen LogP contribution in [0.15, 0.2) is 23.6 Å². The predicted octanol–water partition coefficient (Wildman–Crippen LogP) is 2.80. The van der Waals surface area contributed by atoms with Crippen LogP contribution >= 0.6 is 11.3 Å². The molecule has 7 nitrogen and oxygen atoms in total. The van der Waals surface area contributed by atoms with Gasteiger partial charge in [-0.25, -0.2) is 13.4 Å². The highest BCUT2D eigenvalue weighted by atomic mass is 32.2. The van der Waals surface area contributed by atoms with E-state index in [9.17, 15) is 13.2 Å². The molecule has 1 fully saturated rings. The van der Waals surface area contributed by atoms with Crippen LogP contribution in [-0.4, -0.2) is 44.3 Å². The van der Waals surface area contributed by atoms with Gasteiger partial charge in [-0.3, -0.25) is 4.79 Å². The highest BCUT2D eigenvalue weighted by molar-refractivity contribution is 7.92. The van der Waals surface area contributed by atoms with Gasteiger partial charge in [0.05, 0.1) is 25.2 Å². The Morgan fingerprint density at radius 3 is 2.75 bits per heavy atom. The molecule has 1 aliphatic rings. The van der Waals surface area contributed by atoms with Crippen LogP contribution in [0.2, 0.25) is 0 Å². The summed E-state index contributed by atoms with van der Waals surface area (Å²) in [6, 6.07) is 5.61. The maximum Gasteiger partial charge on any atom is 0.238 e. The molecule has 1 amide bonds. The molecule has 0 saturated heterocycles. The van der Waals surface area contributed by atoms with Crippen molar-refractivity contribution in [3.8, 4) is 22.1 Å². The second kappa shape index (κ2) is 8.48. The van der Waals surface area contributed by atoms with Crippen molar-refractivity contribution < 1.29 is 22.7 Å². The van der Waals surface area contributed by atoms with Crippen LogP contribution in [0.5, 0.6) is 11.5 Å². The van der Waals surface area contributed by atoms with Gasteiger partial charge in [-0.1, -0.05) is 0 Å². The molecule has 1 heterocycles. The fourth-order valence-corrected chi connectivity index (χ4v) is 4.75. The molecule has 1 aromatic carbocycles. The number of methoxy groups -OCH3 is 1. The molecule has 0 spiro atoms. The smallest absolute Gasteiger partial charge is 0.238 e. The molecule has 0 radical (unpaired) electrons. The minimum absolute atomic E-state index is 0.130. The van der Waals surface area contributed by atoms with Gasteiger partial charge in [0.15, 0.2) is 21.3 Å². The first kappa shape index (κ1) is 20.6. The predicted molar refractivity (Wildman–Crippen MR) is 109 cm³/mol. The number of amides is 1. The number of benzene rings is 1. The Kier molecular flexibility index (Phi) is 6.24. The molecule has 28 heavy (non-hydrogen) atoms. The number of rotatable bonds is 9. The lowest BCUT2D eigenvalue weighted by Crippen LogP contribution is -2.39. The van der Waals surface area contributed by atoms with Crippen LogP contribution in [0.25, 0.3) is 10.6 Å². The zero-order valence-electron chi connectivity index (χ0n) is 16.1. The molecule has 152 valence electrons. The molecule has 0 aliphatic heterocycles. The van der Waals surface area contributed by atoms with Gasteiger partial charge in [0.1, 0.15) is 10.3 Å². The quantitative estimate of drug-likeness (QED) is 0.665. The normalized spacial score (nSPS) is 15.1. The van der Waals surface area contributed by atoms with E-state index < -0.39 is 21.0 Å². The van der Waals surface area contributed by atoms with Crippen LogP contribution in [0.1, 0.15) is 32.4 Å². The number of nitrogens with one attached hydrogen (secondary N) is 1. The monoisotopic (exact) mass is 424 g/mol. The molecule has 1 aliphatic carbocycles. The van der Waals surface area contributed by atoms with Gasteiger partial charge in [0.25, 0.3) is 0 Å². The zero-order valence-corrected chi connectivity index (χ0v) is 17.7. The molecule has 9 heteroatoms. The van der Waals surface area contributed by atoms with Gasteiger partial charge in [-0.2, -0.15) is 0 Å². The van der Waals surface area contributed by atoms with Gasteiger partial charge in [-0.05, 0) is 44.9 Å². The van der Waals surface area contributed by atoms with E-state index in [1.165, 1.54) is 18.3 Å². The number of thiazole rings is 1. The van der Waals surface area contributed by atoms with Crippen LogP contribution in [0, 0.1) is 0 Å². The van der Waals surface area contributed by atoms with Gasteiger partial charge in [0, 0.05) is 17.0 Å². The van der Waals surface area contributed by atoms with Crippen molar-refractivity contribution in [1.82, 2.24) is 10.3 Å². The summed E-state index contributed by atoms with van der Waals surface area (Å²) in [4.78, 5) is 16.5. The summed E-state index contributed by atoms with van der Waals surface area (Å²) in [5.41, 5.74) is 1.24. The standard InChI is InChI=1S/C19H24N2O5S2/c1-4-26-16-8-5-13(9-17(16)25-3)19-21-15(10-27-19)11-28(23,24)12(2)18(22)20-14-6-7-14/h5,8-10,12,14H,4,6-7,11H2,1-3H3,(H,20,22). The van der Waals surface area contributed by atoms with E-state index in [-0.39, 0.29) is 11.8 Å². The molecular weight excluding hydrogens is 400 g/mol. The molecule has 3 rings (SSSR count). The summed E-state index contributed by atoms with van der Waals surface area (Å²) < 4.78 is 36.0. The molecule has 1 N–H and O–H groups in total. The maximum absolute atomic E-state index is 12.6. The van der Waals surface area contributed by atoms with Crippen LogP contribution in [-0.2, 0) is 20.4 Å². The first-order valence-electron chi connectivity index (χ1n) is 9.11. The lowest BCUT2D eigenvalue weighted by molar-refractivity contribution is -0.120. The molecule has 0 bridgehead atoms. The van der Waals surface area contributed by atoms with Crippen LogP contribution in [0.3, 0.4) is 0 Å². The van der Waals surface area contributed by atoms with Crippen molar-refractivity contribution in [2.75, 3.05) is 13.7 Å². The molecular formula is C19H24N2O5S2. The summed E-state index contributed by atoms with van der Waals surface area (Å²) >= 11 is 1.35. The number of carbonyl (C=O) groups is 1. The third-order valence-corrected chi connectivity index (χ3v) is 7.37. The SMILES string of the molecule is CCOc1ccc(-c2nc(CS(=O)(=O)C(C)C(=O)NC3CC3)cs2)cc1OC. The van der Waals surface area contributed by atoms with Crippen molar-refractivity contribution >= 4 is 27.1 Å². The summed E-state index contributed by atoms with van der Waals surface area (Å²) in [7, 11) is -2.07. The first-order chi connectivity index (χ1) is 13.3. The van der Waals surface area contributed by atoms with Crippen molar-refractivity contribution in [3.63, 3.8) is 0 Å². The summed E-state index contributed by atoms with van der Waals surface area (Å²) in [5, 5.41) is 4.04. The average Bonchev–Trinajstić information content (AvgIpc) is 3.37. The largest absolute Gasteiger partial charge is 0.493 e. The fourth-order valence-electron chi connectivity index (χ4n) is 2.62. The highest BCUT2D eigenvalue weighted by Gasteiger charge is 2.32. The Balaban J connectivity index is 1.73. The third kappa shape index (κ3) is 4.82. The minimum Gasteiger partial charge on any atom is -0.493 e. The molecule has 1 saturated carbocycles. The Morgan fingerprint density at radius 2 is 2.11 bits per heavy atom. The van der Waals surface area contributed by atoms with Crippen molar-refractivity contribution in [3.05, 3.63) is 29.3 Å². The van der Waals surface area contributed by atoms with Gasteiger partial charge in [-0.15, -0.1) is 11.3 Å². The van der Waals surface area contributed by atoms with Crippen molar-refractivity contribution in [2.45, 2.75) is 43.7 Å². The lowest BCUT2D eigenvalue weighted by atomic mass is 10.2. The van der Waals surface area contributed by atoms with Crippen LogP contribution in [0.4, 0.5) is 0 Å². The van der Waals surface area contributed by atoms with E-state index >= 15 is 0 Å². The third-order valence-electron chi connectivity index (χ3n) is 4.44. The number of aromatic nitrogens is 1. The lowest BCUT2D eigenvalue weighted by Gasteiger charge is -2.12. The Morgan fingerprint density at radius 1 is 1.36 bits per heavy atom. The van der Waals surface area contributed by atoms with Gasteiger partial charge >= 0.3 is 0 Å². The number of hydrogen-bond donors (Lipinski definition) is 1. The topological polar surface area (TPSA) is 94.6 Å². The number of nitrogens with zero attached hydrogens (tertiary/aromatic N) is 1. The second-order valence-corrected chi connectivity index (χ2v) is 9.85. The number of hydrogen-bond acceptors (Lipinski definition) is 7. The molecule has 1 atom stereocenters. The molecule has 2 aromatic rings. The van der Waals surface area contributed by atoms with Crippen molar-refractivity contribution in [2.24, 2.45) is 0 Å². The molecule has 1 aromatic heterocycles. The Labute approximate surface area is 169 Å². The minimum atomic E-state index is -3.64. The second-order valence-electron chi connectivity index (χ2n) is 6.67. The van der Waals surface area contributed by atoms with E-state index in [0.717, 1.165) is 18.4 Å². The van der Waals surface area contributed by atoms with Crippen LogP contribution < -0.4 is 14.8 Å². The Hall–Kier alpha value is -2.13. The van der Waals surface area contributed by atoms with Gasteiger partial charge < -0.3 is 14.8 Å². The Bertz CT molecular complexity index is 951. The number of sulfone groups is 1. The van der Waals surface area contributed by atoms with E-state index in [4.69, 9.17) is 9.47 Å². The maximum atomic E-state index is 12.6. The van der Waals surface area contributed by atoms with E-state index in [1.807, 2.05) is 19.1 Å². The summed E-state index contributed by atoms with van der Waals surface area (Å²) in [5.74, 6) is 0.531. The molecule has 1 unspecified atom stereocenters. The van der Waals surface area contributed by atoms with E-state index in [2.05, 4.69) is 10.3 Å². The highest BCUT2D eigenvalue weighted by Crippen LogP contribution is 2.34. The zero-order chi connectivity index (χ0) is 20.3. The van der Waals surface area contributed by atoms with E-state index in [0.29, 0.717) is 28.8 Å². The van der Waals surface area contributed by atoms with Gasteiger partial charge in [0.2, 0.25) is 5.91 Å². The van der Waals surface area contributed by atoms with E-state index in [1.54, 1.807) is 18.6 Å². The summed E-state index contributed by atoms with van der Waals surface area (Å²) in [6.07, 6.45) is 1.83. The number of carbonyl (C=O) groups excluding carboxylic acids is 1. The fraction of sp³-hybridized carbons (Fsp3) is 0.474. The first-order valence-corrected chi connectivity index (χ1v) is 11.7. The summed E-state index contributed by atoms with van der Waals surface area (Å²) in [6.45, 7) is 3.85.